The molecule has 2 aromatic rings. The summed E-state index contributed by atoms with van der Waals surface area (Å²) < 4.78 is 29.5. The highest BCUT2D eigenvalue weighted by Gasteiger charge is 2.34. The molecule has 0 fully saturated rings. The molecular formula is C22H20FNO6S. The second-order valence-corrected chi connectivity index (χ2v) is 7.22. The van der Waals surface area contributed by atoms with Crippen molar-refractivity contribution in [3.8, 4) is 17.2 Å². The number of aliphatic imine (C=N–C) groups is 1. The van der Waals surface area contributed by atoms with Crippen LogP contribution >= 0.6 is 11.8 Å². The number of phenols is 1. The molecule has 0 saturated heterocycles. The van der Waals surface area contributed by atoms with E-state index >= 15 is 0 Å². The van der Waals surface area contributed by atoms with E-state index in [4.69, 9.17) is 14.2 Å². The maximum atomic E-state index is 14.1. The highest BCUT2D eigenvalue weighted by molar-refractivity contribution is 8.18. The van der Waals surface area contributed by atoms with Gasteiger partial charge in [-0.25, -0.2) is 14.2 Å². The van der Waals surface area contributed by atoms with Crippen LogP contribution in [0.3, 0.4) is 0 Å². The zero-order valence-electron chi connectivity index (χ0n) is 17.0. The standard InChI is InChI=1S/C22H20FNO6S/c1-4-30-22(27)19-20(26)18(31-21(19)24-15-8-6-5-7-14(15)23)11-13-16(25)9-12(28-2)10-17(13)29-3/h5-11,25-26H,4H2,1-3H3. The highest BCUT2D eigenvalue weighted by atomic mass is 32.2. The van der Waals surface area contributed by atoms with Gasteiger partial charge in [0.05, 0.1) is 31.3 Å². The number of esters is 1. The maximum absolute atomic E-state index is 14.1. The molecule has 0 atom stereocenters. The lowest BCUT2D eigenvalue weighted by Crippen LogP contribution is -2.12. The molecular weight excluding hydrogens is 425 g/mol. The first-order chi connectivity index (χ1) is 14.9. The molecule has 0 spiro atoms. The van der Waals surface area contributed by atoms with Gasteiger partial charge in [-0.2, -0.15) is 0 Å². The molecule has 0 amide bonds. The van der Waals surface area contributed by atoms with Crippen molar-refractivity contribution in [2.75, 3.05) is 20.8 Å². The lowest BCUT2D eigenvalue weighted by Gasteiger charge is -2.10. The van der Waals surface area contributed by atoms with Gasteiger partial charge in [0.2, 0.25) is 0 Å². The Hall–Kier alpha value is -3.46. The first-order valence-electron chi connectivity index (χ1n) is 9.18. The Bertz CT molecular complexity index is 1110. The van der Waals surface area contributed by atoms with E-state index in [0.717, 1.165) is 11.8 Å². The largest absolute Gasteiger partial charge is 0.507 e. The van der Waals surface area contributed by atoms with Gasteiger partial charge in [0.25, 0.3) is 0 Å². The number of halogens is 1. The molecule has 9 heteroatoms. The zero-order valence-corrected chi connectivity index (χ0v) is 17.8. The summed E-state index contributed by atoms with van der Waals surface area (Å²) in [5, 5.41) is 21.2. The van der Waals surface area contributed by atoms with Crippen LogP contribution in [0.15, 0.2) is 57.6 Å². The van der Waals surface area contributed by atoms with Crippen molar-refractivity contribution in [2.45, 2.75) is 6.92 Å². The van der Waals surface area contributed by atoms with E-state index in [1.807, 2.05) is 0 Å². The van der Waals surface area contributed by atoms with Crippen LogP contribution in [-0.2, 0) is 9.53 Å². The summed E-state index contributed by atoms with van der Waals surface area (Å²) in [5.41, 5.74) is 0.0757. The fourth-order valence-electron chi connectivity index (χ4n) is 2.79. The number of aromatic hydroxyl groups is 1. The van der Waals surface area contributed by atoms with Gasteiger partial charge in [-0.15, -0.1) is 0 Å². The smallest absolute Gasteiger partial charge is 0.344 e. The van der Waals surface area contributed by atoms with Crippen molar-refractivity contribution in [3.05, 3.63) is 64.0 Å². The predicted molar refractivity (Wildman–Crippen MR) is 117 cm³/mol. The summed E-state index contributed by atoms with van der Waals surface area (Å²) in [4.78, 5) is 16.9. The van der Waals surface area contributed by atoms with E-state index < -0.39 is 17.5 Å². The fourth-order valence-corrected chi connectivity index (χ4v) is 3.80. The minimum atomic E-state index is -0.795. The molecule has 3 rings (SSSR count). The molecule has 2 aromatic carbocycles. The highest BCUT2D eigenvalue weighted by Crippen LogP contribution is 2.43. The third-order valence-corrected chi connectivity index (χ3v) is 5.29. The van der Waals surface area contributed by atoms with Crippen molar-refractivity contribution in [2.24, 2.45) is 4.99 Å². The van der Waals surface area contributed by atoms with Crippen LogP contribution in [0, 0.1) is 5.82 Å². The van der Waals surface area contributed by atoms with Crippen molar-refractivity contribution >= 4 is 34.5 Å². The molecule has 2 N–H and O–H groups in total. The minimum absolute atomic E-state index is 0.00530. The van der Waals surface area contributed by atoms with Gasteiger partial charge >= 0.3 is 5.97 Å². The van der Waals surface area contributed by atoms with Crippen LogP contribution in [0.25, 0.3) is 6.08 Å². The van der Waals surface area contributed by atoms with Gasteiger partial charge in [0.15, 0.2) is 0 Å². The number of carbonyl (C=O) groups is 1. The Morgan fingerprint density at radius 2 is 1.94 bits per heavy atom. The molecule has 1 aliphatic heterocycles. The van der Waals surface area contributed by atoms with E-state index in [1.54, 1.807) is 19.1 Å². The van der Waals surface area contributed by atoms with E-state index in [1.165, 1.54) is 44.6 Å². The number of rotatable bonds is 6. The van der Waals surface area contributed by atoms with E-state index in [9.17, 15) is 19.4 Å². The molecule has 0 aromatic heterocycles. The van der Waals surface area contributed by atoms with Gasteiger partial charge in [-0.3, -0.25) is 0 Å². The average Bonchev–Trinajstić information content (AvgIpc) is 3.05. The number of hydrogen-bond donors (Lipinski definition) is 2. The first-order valence-corrected chi connectivity index (χ1v) is 10.00. The summed E-state index contributed by atoms with van der Waals surface area (Å²) in [6, 6.07) is 8.76. The number of ether oxygens (including phenoxy) is 3. The van der Waals surface area contributed by atoms with Gasteiger partial charge in [0, 0.05) is 12.1 Å². The fraction of sp³-hybridized carbons (Fsp3) is 0.182. The third-order valence-electron chi connectivity index (χ3n) is 4.27. The van der Waals surface area contributed by atoms with Gasteiger partial charge in [0.1, 0.15) is 45.1 Å². The molecule has 31 heavy (non-hydrogen) atoms. The molecule has 7 nitrogen and oxygen atoms in total. The second-order valence-electron chi connectivity index (χ2n) is 6.19. The first kappa shape index (κ1) is 22.2. The topological polar surface area (TPSA) is 97.6 Å². The van der Waals surface area contributed by atoms with E-state index in [0.29, 0.717) is 5.75 Å². The van der Waals surface area contributed by atoms with Crippen molar-refractivity contribution in [1.29, 1.82) is 0 Å². The molecule has 0 unspecified atom stereocenters. The lowest BCUT2D eigenvalue weighted by molar-refractivity contribution is -0.138. The van der Waals surface area contributed by atoms with Crippen molar-refractivity contribution in [1.82, 2.24) is 0 Å². The number of methoxy groups -OCH3 is 2. The number of aliphatic hydroxyl groups is 1. The minimum Gasteiger partial charge on any atom is -0.507 e. The monoisotopic (exact) mass is 445 g/mol. The van der Waals surface area contributed by atoms with Crippen LogP contribution in [0.4, 0.5) is 10.1 Å². The van der Waals surface area contributed by atoms with Gasteiger partial charge < -0.3 is 24.4 Å². The van der Waals surface area contributed by atoms with Crippen molar-refractivity contribution < 1.29 is 33.6 Å². The quantitative estimate of drug-likeness (QED) is 0.620. The summed E-state index contributed by atoms with van der Waals surface area (Å²) in [5.74, 6) is -1.26. The predicted octanol–water partition coefficient (Wildman–Crippen LogP) is 4.74. The normalized spacial score (nSPS) is 16.1. The Balaban J connectivity index is 2.13. The number of aliphatic hydroxyl groups excluding tert-OH is 1. The second kappa shape index (κ2) is 9.57. The number of carbonyl (C=O) groups excluding carboxylic acids is 1. The van der Waals surface area contributed by atoms with Gasteiger partial charge in [-0.05, 0) is 25.1 Å². The Morgan fingerprint density at radius 3 is 2.58 bits per heavy atom. The van der Waals surface area contributed by atoms with E-state index in [2.05, 4.69) is 4.99 Å². The Morgan fingerprint density at radius 1 is 1.19 bits per heavy atom. The lowest BCUT2D eigenvalue weighted by atomic mass is 10.1. The van der Waals surface area contributed by atoms with Gasteiger partial charge in [-0.1, -0.05) is 23.9 Å². The van der Waals surface area contributed by atoms with Crippen molar-refractivity contribution in [3.63, 3.8) is 0 Å². The van der Waals surface area contributed by atoms with Crippen LogP contribution < -0.4 is 9.47 Å². The molecule has 1 aliphatic rings. The summed E-state index contributed by atoms with van der Waals surface area (Å²) in [6.07, 6.45) is 1.44. The molecule has 1 heterocycles. The third kappa shape index (κ3) is 4.66. The summed E-state index contributed by atoms with van der Waals surface area (Å²) in [7, 11) is 2.87. The molecule has 0 bridgehead atoms. The van der Waals surface area contributed by atoms with Crippen LogP contribution in [0.5, 0.6) is 17.2 Å². The number of thioether (sulfide) groups is 1. The summed E-state index contributed by atoms with van der Waals surface area (Å²) in [6.45, 7) is 1.71. The van der Waals surface area contributed by atoms with Crippen LogP contribution in [-0.4, -0.2) is 42.1 Å². The molecule has 0 radical (unpaired) electrons. The van der Waals surface area contributed by atoms with E-state index in [-0.39, 0.29) is 44.9 Å². The molecule has 162 valence electrons. The Kier molecular flexibility index (Phi) is 6.86. The number of phenolic OH excluding ortho intramolecular Hbond substituents is 1. The zero-order chi connectivity index (χ0) is 22.5. The molecule has 0 aliphatic carbocycles. The summed E-state index contributed by atoms with van der Waals surface area (Å²) >= 11 is 0.939. The van der Waals surface area contributed by atoms with Crippen LogP contribution in [0.2, 0.25) is 0 Å². The molecule has 0 saturated carbocycles. The number of hydrogen-bond acceptors (Lipinski definition) is 8. The van der Waals surface area contributed by atoms with Crippen LogP contribution in [0.1, 0.15) is 12.5 Å². The number of nitrogens with zero attached hydrogens (tertiary/aromatic N) is 1. The number of benzene rings is 2. The average molecular weight is 445 g/mol. The SMILES string of the molecule is CCOC(=O)C1=C(O)C(=Cc2c(O)cc(OC)cc2OC)SC1=Nc1ccccc1F. The Labute approximate surface area is 182 Å². The number of para-hydroxylation sites is 1. The maximum Gasteiger partial charge on any atom is 0.344 e.